The molecule has 1 spiro atoms. The Kier molecular flexibility index (Phi) is 13.3. The molecule has 3 aliphatic rings. The van der Waals surface area contributed by atoms with Gasteiger partial charge in [-0.3, -0.25) is 9.59 Å². The summed E-state index contributed by atoms with van der Waals surface area (Å²) in [5.41, 5.74) is 2.00. The third kappa shape index (κ3) is 9.01. The van der Waals surface area contributed by atoms with Gasteiger partial charge >= 0.3 is 18.1 Å². The van der Waals surface area contributed by atoms with Gasteiger partial charge in [-0.25, -0.2) is 4.79 Å². The zero-order valence-corrected chi connectivity index (χ0v) is 32.9. The maximum Gasteiger partial charge on any atom is 0.471 e. The van der Waals surface area contributed by atoms with E-state index in [0.29, 0.717) is 55.8 Å². The van der Waals surface area contributed by atoms with Crippen LogP contribution in [0, 0.1) is 0 Å². The Morgan fingerprint density at radius 1 is 0.964 bits per heavy atom. The van der Waals surface area contributed by atoms with Gasteiger partial charge in [0, 0.05) is 45.3 Å². The van der Waals surface area contributed by atoms with Crippen molar-refractivity contribution in [1.29, 1.82) is 0 Å². The van der Waals surface area contributed by atoms with E-state index in [1.165, 1.54) is 11.9 Å². The molecular weight excluding hydrogens is 774 g/mol. The molecule has 0 radical (unpaired) electrons. The van der Waals surface area contributed by atoms with Crippen molar-refractivity contribution >= 4 is 53.5 Å². The Morgan fingerprint density at radius 3 is 2.15 bits per heavy atom. The number of nitrogens with one attached hydrogen (secondary N) is 2. The van der Waals surface area contributed by atoms with Gasteiger partial charge in [0.05, 0.1) is 28.9 Å². The Labute approximate surface area is 336 Å². The Bertz CT molecular complexity index is 1870. The van der Waals surface area contributed by atoms with E-state index in [2.05, 4.69) is 21.6 Å². The molecule has 4 amide bonds. The first-order chi connectivity index (χ1) is 25.7. The lowest BCUT2D eigenvalue weighted by Crippen LogP contribution is -2.62. The minimum atomic E-state index is -5.15. The van der Waals surface area contributed by atoms with Crippen LogP contribution in [0.15, 0.2) is 108 Å². The topological polar surface area (TPSA) is 85.0 Å². The number of piperidine rings is 1. The highest BCUT2D eigenvalue weighted by atomic mass is 35.5. The molecule has 2 N–H and O–H groups in total. The van der Waals surface area contributed by atoms with Crippen LogP contribution in [0.2, 0.25) is 0 Å². The third-order valence-electron chi connectivity index (χ3n) is 11.0. The zero-order valence-electron chi connectivity index (χ0n) is 30.6. The minimum absolute atomic E-state index is 0. The number of likely N-dealkylation sites (tertiary alicyclic amines) is 1. The molecule has 3 aromatic rings. The van der Waals surface area contributed by atoms with Crippen LogP contribution in [0.3, 0.4) is 0 Å². The van der Waals surface area contributed by atoms with E-state index in [9.17, 15) is 27.6 Å². The first-order valence-corrected chi connectivity index (χ1v) is 18.8. The second-order valence-electron chi connectivity index (χ2n) is 14.4. The standard InChI is InChI=1S/C41H44Cl2F3N5O3.ClH/c1-49(37(53)41(44,45)46)27-40(32-18-11-19-33(42)35(32)43,50(2)38(54)47-36(28-12-5-3-6-13-28)29-14-7-4-8-15-29)22-25-51-23-20-39(21-24-51)31-17-10-9-16-30(31)26-34(52)48-39;/h3-18,33,36H,19-27H2,1-2H3,(H,47,54)(H,48,52);1H. The van der Waals surface area contributed by atoms with Crippen molar-refractivity contribution < 1.29 is 27.6 Å². The summed E-state index contributed by atoms with van der Waals surface area (Å²) in [6, 6.07) is 25.5. The number of halogens is 6. The fraction of sp³-hybridized carbons (Fsp3) is 0.390. The Balaban J connectivity index is 0.00000580. The third-order valence-corrected chi connectivity index (χ3v) is 12.0. The molecule has 1 saturated heterocycles. The van der Waals surface area contributed by atoms with Crippen molar-refractivity contribution in [1.82, 2.24) is 25.3 Å². The highest BCUT2D eigenvalue weighted by Gasteiger charge is 2.49. The number of carbonyl (C=O) groups excluding carboxylic acids is 3. The van der Waals surface area contributed by atoms with Crippen molar-refractivity contribution in [2.45, 2.75) is 60.8 Å². The fourth-order valence-electron chi connectivity index (χ4n) is 8.12. The summed E-state index contributed by atoms with van der Waals surface area (Å²) in [5, 5.41) is 5.89. The lowest BCUT2D eigenvalue weighted by atomic mass is 9.75. The predicted molar refractivity (Wildman–Crippen MR) is 211 cm³/mol. The lowest BCUT2D eigenvalue weighted by molar-refractivity contribution is -0.185. The average molecular weight is 819 g/mol. The first-order valence-electron chi connectivity index (χ1n) is 18.0. The number of benzene rings is 3. The molecule has 2 heterocycles. The summed E-state index contributed by atoms with van der Waals surface area (Å²) < 4.78 is 41.9. The average Bonchev–Trinajstić information content (AvgIpc) is 3.17. The van der Waals surface area contributed by atoms with E-state index < -0.39 is 47.2 Å². The number of allylic oxidation sites excluding steroid dienone is 2. The maximum atomic E-state index is 14.6. The van der Waals surface area contributed by atoms with Gasteiger partial charge in [-0.2, -0.15) is 13.2 Å². The van der Waals surface area contributed by atoms with E-state index in [-0.39, 0.29) is 29.8 Å². The molecule has 1 aliphatic carbocycles. The number of amides is 4. The zero-order chi connectivity index (χ0) is 38.7. The molecule has 6 rings (SSSR count). The number of rotatable bonds is 10. The van der Waals surface area contributed by atoms with E-state index in [1.807, 2.05) is 78.9 Å². The molecule has 2 atom stereocenters. The summed E-state index contributed by atoms with van der Waals surface area (Å²) in [7, 11) is 2.61. The van der Waals surface area contributed by atoms with Gasteiger partial charge in [0.25, 0.3) is 0 Å². The minimum Gasteiger partial charge on any atom is -0.346 e. The van der Waals surface area contributed by atoms with Gasteiger partial charge in [0.2, 0.25) is 5.91 Å². The predicted octanol–water partition coefficient (Wildman–Crippen LogP) is 7.71. The second kappa shape index (κ2) is 17.4. The van der Waals surface area contributed by atoms with Gasteiger partial charge in [0.15, 0.2) is 0 Å². The summed E-state index contributed by atoms with van der Waals surface area (Å²) >= 11 is 13.6. The molecule has 0 aromatic heterocycles. The van der Waals surface area contributed by atoms with Crippen LogP contribution in [-0.4, -0.2) is 89.9 Å². The van der Waals surface area contributed by atoms with E-state index >= 15 is 0 Å². The maximum absolute atomic E-state index is 14.6. The highest BCUT2D eigenvalue weighted by molar-refractivity contribution is 6.38. The van der Waals surface area contributed by atoms with E-state index in [4.69, 9.17) is 23.2 Å². The fourth-order valence-corrected chi connectivity index (χ4v) is 8.67. The molecule has 0 saturated carbocycles. The second-order valence-corrected chi connectivity index (χ2v) is 15.3. The van der Waals surface area contributed by atoms with E-state index in [0.717, 1.165) is 29.3 Å². The molecule has 294 valence electrons. The number of carbonyl (C=O) groups is 3. The van der Waals surface area contributed by atoms with Gasteiger partial charge in [0.1, 0.15) is 0 Å². The number of likely N-dealkylation sites (N-methyl/N-ethyl adjacent to an activating group) is 2. The van der Waals surface area contributed by atoms with Crippen LogP contribution in [0.5, 0.6) is 0 Å². The Morgan fingerprint density at radius 2 is 1.55 bits per heavy atom. The van der Waals surface area contributed by atoms with Gasteiger partial charge in [-0.1, -0.05) is 109 Å². The largest absolute Gasteiger partial charge is 0.471 e. The van der Waals surface area contributed by atoms with Crippen LogP contribution in [0.1, 0.15) is 54.0 Å². The van der Waals surface area contributed by atoms with Gasteiger partial charge < -0.3 is 25.3 Å². The molecule has 55 heavy (non-hydrogen) atoms. The van der Waals surface area contributed by atoms with Crippen LogP contribution in [0.25, 0.3) is 0 Å². The quantitative estimate of drug-likeness (QED) is 0.206. The number of hydrogen-bond donors (Lipinski definition) is 2. The normalized spacial score (nSPS) is 19.2. The SMILES string of the molecule is CN(CC(CCN1CCC2(CC1)NC(=O)Cc1ccccc12)(C1=C(Cl)C(Cl)CC=C1)N(C)C(=O)NC(c1ccccc1)c1ccccc1)C(=O)C(F)(F)F.Cl. The number of fused-ring (bicyclic) bond motifs is 2. The molecule has 1 fully saturated rings. The van der Waals surface area contributed by atoms with Gasteiger partial charge in [-0.05, 0) is 53.5 Å². The van der Waals surface area contributed by atoms with Crippen LogP contribution >= 0.6 is 35.6 Å². The van der Waals surface area contributed by atoms with Gasteiger partial charge in [-0.15, -0.1) is 24.0 Å². The molecule has 2 aliphatic heterocycles. The van der Waals surface area contributed by atoms with Crippen molar-refractivity contribution in [2.24, 2.45) is 0 Å². The smallest absolute Gasteiger partial charge is 0.346 e. The Hall–Kier alpha value is -4.03. The first kappa shape index (κ1) is 42.1. The van der Waals surface area contributed by atoms with Crippen molar-refractivity contribution in [3.05, 3.63) is 130 Å². The summed E-state index contributed by atoms with van der Waals surface area (Å²) in [5.74, 6) is -2.07. The molecular formula is C41H45Cl3F3N5O3. The van der Waals surface area contributed by atoms with Crippen LogP contribution in [-0.2, 0) is 21.5 Å². The van der Waals surface area contributed by atoms with E-state index in [1.54, 1.807) is 12.2 Å². The highest BCUT2D eigenvalue weighted by Crippen LogP contribution is 2.42. The summed E-state index contributed by atoms with van der Waals surface area (Å²) in [6.07, 6.45) is 0.413. The van der Waals surface area contributed by atoms with Crippen molar-refractivity contribution in [2.75, 3.05) is 40.3 Å². The van der Waals surface area contributed by atoms with Crippen LogP contribution in [0.4, 0.5) is 18.0 Å². The molecule has 0 bridgehead atoms. The number of alkyl halides is 4. The summed E-state index contributed by atoms with van der Waals surface area (Å²) in [4.78, 5) is 44.3. The molecule has 2 unspecified atom stereocenters. The number of nitrogens with zero attached hydrogens (tertiary/aromatic N) is 3. The molecule has 8 nitrogen and oxygen atoms in total. The van der Waals surface area contributed by atoms with Crippen molar-refractivity contribution in [3.8, 4) is 0 Å². The monoisotopic (exact) mass is 817 g/mol. The van der Waals surface area contributed by atoms with Crippen molar-refractivity contribution in [3.63, 3.8) is 0 Å². The summed E-state index contributed by atoms with van der Waals surface area (Å²) in [6.45, 7) is 0.968. The number of urea groups is 1. The molecule has 3 aromatic carbocycles. The number of hydrogen-bond acceptors (Lipinski definition) is 4. The lowest BCUT2D eigenvalue weighted by Gasteiger charge is -2.49. The molecule has 14 heteroatoms. The van der Waals surface area contributed by atoms with Crippen LogP contribution < -0.4 is 10.6 Å².